The Balaban J connectivity index is 1.72. The van der Waals surface area contributed by atoms with Crippen molar-refractivity contribution in [3.05, 3.63) is 104 Å². The summed E-state index contributed by atoms with van der Waals surface area (Å²) in [6.07, 6.45) is 3.44. The molecule has 0 aliphatic carbocycles. The molecule has 3 aromatic carbocycles. The van der Waals surface area contributed by atoms with Gasteiger partial charge in [0.05, 0.1) is 17.9 Å². The van der Waals surface area contributed by atoms with Gasteiger partial charge in [-0.1, -0.05) is 18.2 Å². The van der Waals surface area contributed by atoms with Crippen LogP contribution in [0.5, 0.6) is 11.5 Å². The van der Waals surface area contributed by atoms with Crippen LogP contribution < -0.4 is 14.5 Å². The zero-order valence-electron chi connectivity index (χ0n) is 21.3. The fourth-order valence-electron chi connectivity index (χ4n) is 4.02. The minimum absolute atomic E-state index is 0.0104. The number of nitrogens with zero attached hydrogens (tertiary/aromatic N) is 2. The predicted molar refractivity (Wildman–Crippen MR) is 150 cm³/mol. The van der Waals surface area contributed by atoms with Crippen molar-refractivity contribution in [2.24, 2.45) is 5.10 Å². The number of carbonyl (C=O) groups excluding carboxylic acids is 1. The summed E-state index contributed by atoms with van der Waals surface area (Å²) in [4.78, 5) is 13.1. The van der Waals surface area contributed by atoms with Gasteiger partial charge in [-0.2, -0.15) is 10.1 Å². The van der Waals surface area contributed by atoms with Gasteiger partial charge in [-0.25, -0.2) is 22.0 Å². The maximum absolute atomic E-state index is 14.4. The summed E-state index contributed by atoms with van der Waals surface area (Å²) in [5.41, 5.74) is 0.537. The maximum Gasteiger partial charge on any atom is 0.280 e. The molecule has 1 heterocycles. The molecule has 208 valence electrons. The number of carbonyl (C=O) groups is 1. The largest absolute Gasteiger partial charge is 0.490 e. The standard InChI is InChI=1S/C29H22F5IN2O3/c1-4-6-18-11-17(13-21(39-5-2)28(18)40-14-16-7-9-19(35)10-8-16)12-20-15(3)36-37(29(20)38)27-25(33)23(31)22(30)24(32)26(27)34/h4,7-13H,1,5-6,14H2,2-3H3/b20-12+. The van der Waals surface area contributed by atoms with Gasteiger partial charge in [-0.3, -0.25) is 4.79 Å². The Morgan fingerprint density at radius 1 is 0.975 bits per heavy atom. The fourth-order valence-corrected chi connectivity index (χ4v) is 4.38. The number of ether oxygens (including phenoxy) is 2. The topological polar surface area (TPSA) is 51.1 Å². The lowest BCUT2D eigenvalue weighted by Crippen LogP contribution is -2.25. The first-order chi connectivity index (χ1) is 19.1. The van der Waals surface area contributed by atoms with Gasteiger partial charge in [0.15, 0.2) is 34.8 Å². The number of rotatable bonds is 9. The number of allylic oxidation sites excluding steroid dienone is 1. The first kappa shape index (κ1) is 29.2. The first-order valence-corrected chi connectivity index (χ1v) is 13.1. The van der Waals surface area contributed by atoms with Gasteiger partial charge in [-0.15, -0.1) is 6.58 Å². The Bertz CT molecular complexity index is 1530. The first-order valence-electron chi connectivity index (χ1n) is 12.0. The SMILES string of the molecule is C=CCc1cc(/C=C2/C(=O)N(c3c(F)c(F)c(F)c(F)c3F)N=C2C)cc(OCC)c1OCc1ccc(I)cc1. The quantitative estimate of drug-likeness (QED) is 0.0593. The third kappa shape index (κ3) is 5.74. The second-order valence-corrected chi connectivity index (χ2v) is 9.87. The Kier molecular flexibility index (Phi) is 8.92. The number of anilines is 1. The molecule has 0 saturated carbocycles. The van der Waals surface area contributed by atoms with Crippen LogP contribution in [-0.2, 0) is 17.8 Å². The van der Waals surface area contributed by atoms with Gasteiger partial charge in [0.2, 0.25) is 5.82 Å². The summed E-state index contributed by atoms with van der Waals surface area (Å²) in [6.45, 7) is 7.53. The van der Waals surface area contributed by atoms with E-state index in [1.807, 2.05) is 24.3 Å². The van der Waals surface area contributed by atoms with E-state index >= 15 is 0 Å². The predicted octanol–water partition coefficient (Wildman–Crippen LogP) is 7.50. The number of hydrogen-bond acceptors (Lipinski definition) is 4. The maximum atomic E-state index is 14.4. The molecule has 0 saturated heterocycles. The van der Waals surface area contributed by atoms with E-state index in [9.17, 15) is 26.7 Å². The minimum atomic E-state index is -2.33. The molecule has 0 fully saturated rings. The summed E-state index contributed by atoms with van der Waals surface area (Å²) >= 11 is 2.21. The molecule has 5 nitrogen and oxygen atoms in total. The molecule has 4 rings (SSSR count). The van der Waals surface area contributed by atoms with Gasteiger partial charge >= 0.3 is 0 Å². The number of benzene rings is 3. The summed E-state index contributed by atoms with van der Waals surface area (Å²) in [6, 6.07) is 11.1. The van der Waals surface area contributed by atoms with Crippen molar-refractivity contribution in [1.82, 2.24) is 0 Å². The Morgan fingerprint density at radius 3 is 2.20 bits per heavy atom. The number of halogens is 6. The van der Waals surface area contributed by atoms with Gasteiger partial charge in [0.25, 0.3) is 5.91 Å². The van der Waals surface area contributed by atoms with Crippen LogP contribution in [-0.4, -0.2) is 18.2 Å². The zero-order valence-corrected chi connectivity index (χ0v) is 23.5. The van der Waals surface area contributed by atoms with E-state index in [1.165, 1.54) is 13.0 Å². The summed E-state index contributed by atoms with van der Waals surface area (Å²) < 4.78 is 82.9. The molecular weight excluding hydrogens is 646 g/mol. The molecule has 0 atom stereocenters. The monoisotopic (exact) mass is 668 g/mol. The molecule has 0 radical (unpaired) electrons. The molecule has 0 N–H and O–H groups in total. The molecule has 3 aromatic rings. The van der Waals surface area contributed by atoms with Crippen molar-refractivity contribution in [2.45, 2.75) is 26.9 Å². The van der Waals surface area contributed by atoms with Crippen molar-refractivity contribution in [3.8, 4) is 11.5 Å². The number of amides is 1. The van der Waals surface area contributed by atoms with E-state index in [-0.39, 0.29) is 22.9 Å². The van der Waals surface area contributed by atoms with Gasteiger partial charge in [0, 0.05) is 9.13 Å². The van der Waals surface area contributed by atoms with Crippen LogP contribution in [0.2, 0.25) is 0 Å². The lowest BCUT2D eigenvalue weighted by Gasteiger charge is -2.17. The van der Waals surface area contributed by atoms with E-state index in [1.54, 1.807) is 25.1 Å². The Morgan fingerprint density at radius 2 is 1.60 bits per heavy atom. The van der Waals surface area contributed by atoms with Crippen LogP contribution in [0.4, 0.5) is 27.6 Å². The van der Waals surface area contributed by atoms with Crippen molar-refractivity contribution < 1.29 is 36.2 Å². The van der Waals surface area contributed by atoms with Crippen molar-refractivity contribution in [2.75, 3.05) is 11.6 Å². The minimum Gasteiger partial charge on any atom is -0.490 e. The lowest BCUT2D eigenvalue weighted by molar-refractivity contribution is -0.114. The van der Waals surface area contributed by atoms with E-state index in [0.29, 0.717) is 35.7 Å². The summed E-state index contributed by atoms with van der Waals surface area (Å²) in [5, 5.41) is 3.95. The van der Waals surface area contributed by atoms with E-state index in [4.69, 9.17) is 9.47 Å². The van der Waals surface area contributed by atoms with Crippen molar-refractivity contribution >= 4 is 46.0 Å². The van der Waals surface area contributed by atoms with Gasteiger partial charge < -0.3 is 9.47 Å². The molecule has 0 aromatic heterocycles. The van der Waals surface area contributed by atoms with Crippen molar-refractivity contribution in [3.63, 3.8) is 0 Å². The lowest BCUT2D eigenvalue weighted by atomic mass is 10.0. The average molecular weight is 668 g/mol. The highest BCUT2D eigenvalue weighted by Crippen LogP contribution is 2.37. The van der Waals surface area contributed by atoms with Crippen LogP contribution in [0.25, 0.3) is 6.08 Å². The highest BCUT2D eigenvalue weighted by Gasteiger charge is 2.37. The third-order valence-electron chi connectivity index (χ3n) is 5.89. The smallest absolute Gasteiger partial charge is 0.280 e. The normalized spacial score (nSPS) is 14.1. The number of hydrogen-bond donors (Lipinski definition) is 0. The molecule has 0 spiro atoms. The molecule has 11 heteroatoms. The second-order valence-electron chi connectivity index (χ2n) is 8.63. The van der Waals surface area contributed by atoms with Gasteiger partial charge in [-0.05, 0) is 84.3 Å². The van der Waals surface area contributed by atoms with E-state index in [0.717, 1.165) is 9.13 Å². The summed E-state index contributed by atoms with van der Waals surface area (Å²) in [7, 11) is 0. The summed E-state index contributed by atoms with van der Waals surface area (Å²) in [5.74, 6) is -11.2. The van der Waals surface area contributed by atoms with E-state index < -0.39 is 40.7 Å². The molecule has 1 aliphatic rings. The van der Waals surface area contributed by atoms with Crippen LogP contribution >= 0.6 is 22.6 Å². The van der Waals surface area contributed by atoms with Crippen LogP contribution in [0.3, 0.4) is 0 Å². The van der Waals surface area contributed by atoms with E-state index in [2.05, 4.69) is 34.3 Å². The molecule has 0 unspecified atom stereocenters. The second kappa shape index (κ2) is 12.2. The molecule has 1 aliphatic heterocycles. The highest BCUT2D eigenvalue weighted by atomic mass is 127. The van der Waals surface area contributed by atoms with Gasteiger partial charge in [0.1, 0.15) is 12.3 Å². The molecule has 1 amide bonds. The van der Waals surface area contributed by atoms with Crippen LogP contribution in [0.1, 0.15) is 30.5 Å². The highest BCUT2D eigenvalue weighted by molar-refractivity contribution is 14.1. The molecule has 0 bridgehead atoms. The third-order valence-corrected chi connectivity index (χ3v) is 6.61. The molecule has 40 heavy (non-hydrogen) atoms. The van der Waals surface area contributed by atoms with Crippen molar-refractivity contribution in [1.29, 1.82) is 0 Å². The average Bonchev–Trinajstić information content (AvgIpc) is 3.20. The number of hydrazone groups is 1. The van der Waals surface area contributed by atoms with Crippen LogP contribution in [0.15, 0.2) is 59.7 Å². The fraction of sp³-hybridized carbons (Fsp3) is 0.172. The van der Waals surface area contributed by atoms with Crippen LogP contribution in [0, 0.1) is 32.7 Å². The zero-order chi connectivity index (χ0) is 29.1. The Labute approximate surface area is 240 Å². The Hall–Kier alpha value is -3.74. The molecular formula is C29H22F5IN2O3.